The molecule has 0 aliphatic heterocycles. The van der Waals surface area contributed by atoms with E-state index < -0.39 is 0 Å². The zero-order chi connectivity index (χ0) is 11.3. The van der Waals surface area contributed by atoms with E-state index in [-0.39, 0.29) is 5.82 Å². The molecule has 84 valence electrons. The zero-order valence-corrected chi connectivity index (χ0v) is 9.76. The van der Waals surface area contributed by atoms with E-state index in [1.54, 1.807) is 12.1 Å². The molecule has 0 radical (unpaired) electrons. The molecule has 0 saturated carbocycles. The van der Waals surface area contributed by atoms with Gasteiger partial charge in [-0.25, -0.2) is 4.39 Å². The maximum absolute atomic E-state index is 12.9. The maximum atomic E-state index is 12.9. The molecule has 1 aromatic rings. The molecule has 0 aliphatic rings. The summed E-state index contributed by atoms with van der Waals surface area (Å²) in [6, 6.07) is 7.40. The van der Waals surface area contributed by atoms with Crippen molar-refractivity contribution in [3.05, 3.63) is 35.6 Å². The van der Waals surface area contributed by atoms with Gasteiger partial charge in [-0.2, -0.15) is 0 Å². The lowest BCUT2D eigenvalue weighted by molar-refractivity contribution is 0.439. The second-order valence-electron chi connectivity index (χ2n) is 4.36. The molecule has 0 spiro atoms. The van der Waals surface area contributed by atoms with Gasteiger partial charge in [0.15, 0.2) is 0 Å². The number of rotatable bonds is 5. The number of nitrogens with one attached hydrogen (secondary N) is 1. The summed E-state index contributed by atoms with van der Waals surface area (Å²) in [4.78, 5) is 0. The second kappa shape index (κ2) is 5.86. The summed E-state index contributed by atoms with van der Waals surface area (Å²) < 4.78 is 12.9. The molecule has 2 unspecified atom stereocenters. The highest BCUT2D eigenvalue weighted by molar-refractivity contribution is 5.16. The molecule has 2 atom stereocenters. The lowest BCUT2D eigenvalue weighted by Crippen LogP contribution is -2.24. The summed E-state index contributed by atoms with van der Waals surface area (Å²) in [6.07, 6.45) is 2.07. The van der Waals surface area contributed by atoms with Crippen molar-refractivity contribution in [2.75, 3.05) is 7.05 Å². The van der Waals surface area contributed by atoms with Gasteiger partial charge in [0.25, 0.3) is 0 Å². The van der Waals surface area contributed by atoms with Crippen LogP contribution in [0, 0.1) is 11.7 Å². The third kappa shape index (κ3) is 4.43. The lowest BCUT2D eigenvalue weighted by atomic mass is 9.95. The maximum Gasteiger partial charge on any atom is 0.123 e. The highest BCUT2D eigenvalue weighted by Crippen LogP contribution is 2.14. The van der Waals surface area contributed by atoms with Crippen molar-refractivity contribution in [2.24, 2.45) is 5.92 Å². The van der Waals surface area contributed by atoms with Gasteiger partial charge in [-0.05, 0) is 50.4 Å². The standard InChI is InChI=1S/C13H20FN/c1-10(7-11(2)15-3)8-12-5-4-6-13(14)9-12/h4-6,9-11,15H,7-8H2,1-3H3. The summed E-state index contributed by atoms with van der Waals surface area (Å²) >= 11 is 0. The van der Waals surface area contributed by atoms with E-state index in [1.165, 1.54) is 6.07 Å². The summed E-state index contributed by atoms with van der Waals surface area (Å²) in [5, 5.41) is 3.22. The van der Waals surface area contributed by atoms with Gasteiger partial charge in [-0.15, -0.1) is 0 Å². The Morgan fingerprint density at radius 2 is 2.07 bits per heavy atom. The van der Waals surface area contributed by atoms with E-state index in [4.69, 9.17) is 0 Å². The van der Waals surface area contributed by atoms with Crippen LogP contribution in [-0.4, -0.2) is 13.1 Å². The number of hydrogen-bond acceptors (Lipinski definition) is 1. The van der Waals surface area contributed by atoms with E-state index in [1.807, 2.05) is 13.1 Å². The molecule has 0 aliphatic carbocycles. The topological polar surface area (TPSA) is 12.0 Å². The number of benzene rings is 1. The Labute approximate surface area is 91.7 Å². The molecule has 0 amide bonds. The Hall–Kier alpha value is -0.890. The molecule has 0 aromatic heterocycles. The van der Waals surface area contributed by atoms with Gasteiger partial charge < -0.3 is 5.32 Å². The third-order valence-electron chi connectivity index (χ3n) is 2.72. The summed E-state index contributed by atoms with van der Waals surface area (Å²) in [5.74, 6) is 0.440. The molecule has 1 nitrogen and oxygen atoms in total. The Morgan fingerprint density at radius 1 is 1.33 bits per heavy atom. The minimum Gasteiger partial charge on any atom is -0.317 e. The Bertz CT molecular complexity index is 298. The molecule has 1 N–H and O–H groups in total. The van der Waals surface area contributed by atoms with Gasteiger partial charge >= 0.3 is 0 Å². The van der Waals surface area contributed by atoms with Crippen LogP contribution in [-0.2, 0) is 6.42 Å². The number of hydrogen-bond donors (Lipinski definition) is 1. The Morgan fingerprint density at radius 3 is 2.67 bits per heavy atom. The van der Waals surface area contributed by atoms with Crippen LogP contribution >= 0.6 is 0 Å². The summed E-state index contributed by atoms with van der Waals surface area (Å²) in [5.41, 5.74) is 1.09. The molecule has 1 aromatic carbocycles. The smallest absolute Gasteiger partial charge is 0.123 e. The van der Waals surface area contributed by atoms with Gasteiger partial charge in [0.1, 0.15) is 5.82 Å². The normalized spacial score (nSPS) is 14.9. The van der Waals surface area contributed by atoms with Crippen LogP contribution < -0.4 is 5.32 Å². The quantitative estimate of drug-likeness (QED) is 0.786. The second-order valence-corrected chi connectivity index (χ2v) is 4.36. The van der Waals surface area contributed by atoms with E-state index in [0.29, 0.717) is 12.0 Å². The van der Waals surface area contributed by atoms with E-state index in [2.05, 4.69) is 19.2 Å². The average molecular weight is 209 g/mol. The van der Waals surface area contributed by atoms with Crippen LogP contribution in [0.15, 0.2) is 24.3 Å². The van der Waals surface area contributed by atoms with Gasteiger partial charge in [0, 0.05) is 6.04 Å². The first-order chi connectivity index (χ1) is 7.11. The molecule has 0 fully saturated rings. The van der Waals surface area contributed by atoms with Crippen LogP contribution in [0.2, 0.25) is 0 Å². The fraction of sp³-hybridized carbons (Fsp3) is 0.538. The highest BCUT2D eigenvalue weighted by atomic mass is 19.1. The monoisotopic (exact) mass is 209 g/mol. The van der Waals surface area contributed by atoms with Crippen LogP contribution in [0.3, 0.4) is 0 Å². The van der Waals surface area contributed by atoms with Crippen molar-refractivity contribution in [1.82, 2.24) is 5.32 Å². The molecule has 15 heavy (non-hydrogen) atoms. The fourth-order valence-corrected chi connectivity index (χ4v) is 1.87. The van der Waals surface area contributed by atoms with Crippen LogP contribution in [0.5, 0.6) is 0 Å². The van der Waals surface area contributed by atoms with Crippen molar-refractivity contribution in [3.8, 4) is 0 Å². The van der Waals surface area contributed by atoms with Gasteiger partial charge in [0.2, 0.25) is 0 Å². The first-order valence-electron chi connectivity index (χ1n) is 5.53. The summed E-state index contributed by atoms with van der Waals surface area (Å²) in [6.45, 7) is 4.38. The SMILES string of the molecule is CNC(C)CC(C)Cc1cccc(F)c1. The van der Waals surface area contributed by atoms with E-state index in [0.717, 1.165) is 18.4 Å². The van der Waals surface area contributed by atoms with Crippen molar-refractivity contribution < 1.29 is 4.39 Å². The average Bonchev–Trinajstić information content (AvgIpc) is 2.17. The molecule has 1 rings (SSSR count). The highest BCUT2D eigenvalue weighted by Gasteiger charge is 2.08. The molecule has 2 heteroatoms. The molecule has 0 saturated heterocycles. The predicted octanol–water partition coefficient (Wildman–Crippen LogP) is 3.00. The van der Waals surface area contributed by atoms with Gasteiger partial charge in [-0.3, -0.25) is 0 Å². The zero-order valence-electron chi connectivity index (χ0n) is 9.76. The van der Waals surface area contributed by atoms with Crippen molar-refractivity contribution in [1.29, 1.82) is 0 Å². The Kier molecular flexibility index (Phi) is 4.76. The van der Waals surface area contributed by atoms with E-state index in [9.17, 15) is 4.39 Å². The fourth-order valence-electron chi connectivity index (χ4n) is 1.87. The minimum absolute atomic E-state index is 0.138. The predicted molar refractivity (Wildman–Crippen MR) is 62.4 cm³/mol. The minimum atomic E-state index is -0.138. The van der Waals surface area contributed by atoms with Crippen LogP contribution in [0.25, 0.3) is 0 Å². The number of halogens is 1. The molecular weight excluding hydrogens is 189 g/mol. The first-order valence-corrected chi connectivity index (χ1v) is 5.53. The molecule has 0 heterocycles. The molecule has 0 bridgehead atoms. The molecular formula is C13H20FN. The Balaban J connectivity index is 2.47. The third-order valence-corrected chi connectivity index (χ3v) is 2.72. The first kappa shape index (κ1) is 12.2. The summed E-state index contributed by atoms with van der Waals surface area (Å²) in [7, 11) is 1.97. The van der Waals surface area contributed by atoms with Crippen molar-refractivity contribution in [3.63, 3.8) is 0 Å². The van der Waals surface area contributed by atoms with Crippen LogP contribution in [0.1, 0.15) is 25.8 Å². The van der Waals surface area contributed by atoms with Crippen LogP contribution in [0.4, 0.5) is 4.39 Å². The van der Waals surface area contributed by atoms with Crippen molar-refractivity contribution in [2.45, 2.75) is 32.7 Å². The van der Waals surface area contributed by atoms with Crippen molar-refractivity contribution >= 4 is 0 Å². The lowest BCUT2D eigenvalue weighted by Gasteiger charge is -2.16. The van der Waals surface area contributed by atoms with Gasteiger partial charge in [0.05, 0.1) is 0 Å². The largest absolute Gasteiger partial charge is 0.317 e. The van der Waals surface area contributed by atoms with Gasteiger partial charge in [-0.1, -0.05) is 19.1 Å². The van der Waals surface area contributed by atoms with E-state index >= 15 is 0 Å².